The van der Waals surface area contributed by atoms with Crippen molar-refractivity contribution in [2.45, 2.75) is 32.5 Å². The lowest BCUT2D eigenvalue weighted by Crippen LogP contribution is -2.61. The Labute approximate surface area is 118 Å². The lowest BCUT2D eigenvalue weighted by atomic mass is 9.98. The van der Waals surface area contributed by atoms with Crippen molar-refractivity contribution in [3.8, 4) is 0 Å². The standard InChI is InChI=1S/C14H20ClN3O/c1-14(2)13(19)17-5-6-18(14)9-11-4-3-10(8-16)7-12(11)15/h3-4,7H,5-6,8-9,16H2,1-2H3,(H,17,19). The maximum absolute atomic E-state index is 11.9. The van der Waals surface area contributed by atoms with Gasteiger partial charge < -0.3 is 11.1 Å². The quantitative estimate of drug-likeness (QED) is 0.883. The fourth-order valence-electron chi connectivity index (χ4n) is 2.27. The van der Waals surface area contributed by atoms with E-state index < -0.39 is 5.54 Å². The van der Waals surface area contributed by atoms with Gasteiger partial charge in [-0.2, -0.15) is 0 Å². The maximum atomic E-state index is 11.9. The van der Waals surface area contributed by atoms with Crippen molar-refractivity contribution in [2.24, 2.45) is 5.73 Å². The molecule has 0 unspecified atom stereocenters. The first-order chi connectivity index (χ1) is 8.95. The summed E-state index contributed by atoms with van der Waals surface area (Å²) in [6, 6.07) is 5.87. The Morgan fingerprint density at radius 3 is 2.84 bits per heavy atom. The van der Waals surface area contributed by atoms with Crippen LogP contribution in [0.5, 0.6) is 0 Å². The van der Waals surface area contributed by atoms with Crippen molar-refractivity contribution in [3.05, 3.63) is 34.3 Å². The number of hydrogen-bond acceptors (Lipinski definition) is 3. The lowest BCUT2D eigenvalue weighted by molar-refractivity contribution is -0.135. The molecule has 0 atom stereocenters. The molecule has 5 heteroatoms. The van der Waals surface area contributed by atoms with Crippen molar-refractivity contribution in [2.75, 3.05) is 13.1 Å². The summed E-state index contributed by atoms with van der Waals surface area (Å²) < 4.78 is 0. The van der Waals surface area contributed by atoms with Crippen molar-refractivity contribution >= 4 is 17.5 Å². The smallest absolute Gasteiger partial charge is 0.240 e. The van der Waals surface area contributed by atoms with Crippen molar-refractivity contribution in [1.29, 1.82) is 0 Å². The van der Waals surface area contributed by atoms with Gasteiger partial charge in [-0.25, -0.2) is 0 Å². The number of nitrogens with two attached hydrogens (primary N) is 1. The minimum atomic E-state index is -0.506. The van der Waals surface area contributed by atoms with Crippen LogP contribution in [-0.2, 0) is 17.9 Å². The summed E-state index contributed by atoms with van der Waals surface area (Å²) in [5, 5.41) is 3.60. The van der Waals surface area contributed by atoms with Gasteiger partial charge in [0, 0.05) is 31.2 Å². The zero-order valence-corrected chi connectivity index (χ0v) is 12.1. The minimum absolute atomic E-state index is 0.0634. The molecule has 104 valence electrons. The monoisotopic (exact) mass is 281 g/mol. The van der Waals surface area contributed by atoms with Gasteiger partial charge in [-0.05, 0) is 31.0 Å². The predicted molar refractivity (Wildman–Crippen MR) is 76.8 cm³/mol. The highest BCUT2D eigenvalue weighted by Crippen LogP contribution is 2.25. The van der Waals surface area contributed by atoms with E-state index in [9.17, 15) is 4.79 Å². The number of nitrogens with one attached hydrogen (secondary N) is 1. The summed E-state index contributed by atoms with van der Waals surface area (Å²) in [6.07, 6.45) is 0. The molecule has 0 aliphatic carbocycles. The number of benzene rings is 1. The first-order valence-electron chi connectivity index (χ1n) is 6.46. The van der Waals surface area contributed by atoms with Gasteiger partial charge in [-0.1, -0.05) is 23.7 Å². The largest absolute Gasteiger partial charge is 0.353 e. The fourth-order valence-corrected chi connectivity index (χ4v) is 2.54. The first-order valence-corrected chi connectivity index (χ1v) is 6.83. The van der Waals surface area contributed by atoms with Crippen molar-refractivity contribution in [1.82, 2.24) is 10.2 Å². The molecule has 1 amide bonds. The second kappa shape index (κ2) is 5.49. The van der Waals surface area contributed by atoms with Crippen LogP contribution in [-0.4, -0.2) is 29.4 Å². The Balaban J connectivity index is 2.18. The number of rotatable bonds is 3. The molecule has 1 aromatic rings. The Morgan fingerprint density at radius 2 is 2.21 bits per heavy atom. The number of hydrogen-bond donors (Lipinski definition) is 2. The van der Waals surface area contributed by atoms with Crippen LogP contribution in [0.2, 0.25) is 5.02 Å². The summed E-state index contributed by atoms with van der Waals surface area (Å²) in [6.45, 7) is 6.53. The summed E-state index contributed by atoms with van der Waals surface area (Å²) in [7, 11) is 0. The molecule has 19 heavy (non-hydrogen) atoms. The molecule has 1 aromatic carbocycles. The second-order valence-electron chi connectivity index (χ2n) is 5.37. The van der Waals surface area contributed by atoms with E-state index in [0.29, 0.717) is 24.7 Å². The molecular formula is C14H20ClN3O. The number of halogens is 1. The van der Waals surface area contributed by atoms with Crippen molar-refractivity contribution < 1.29 is 4.79 Å². The highest BCUT2D eigenvalue weighted by atomic mass is 35.5. The molecular weight excluding hydrogens is 262 g/mol. The van der Waals surface area contributed by atoms with E-state index in [1.54, 1.807) is 0 Å². The molecule has 0 aromatic heterocycles. The average Bonchev–Trinajstić information content (AvgIpc) is 2.37. The molecule has 0 bridgehead atoms. The van der Waals surface area contributed by atoms with Gasteiger partial charge in [0.05, 0.1) is 5.54 Å². The molecule has 1 saturated heterocycles. The third-order valence-electron chi connectivity index (χ3n) is 3.73. The SMILES string of the molecule is CC1(C)C(=O)NCCN1Cc1ccc(CN)cc1Cl. The molecule has 2 rings (SSSR count). The van der Waals surface area contributed by atoms with E-state index in [-0.39, 0.29) is 5.91 Å². The second-order valence-corrected chi connectivity index (χ2v) is 5.77. The number of amides is 1. The highest BCUT2D eigenvalue weighted by Gasteiger charge is 2.37. The Hall–Kier alpha value is -1.10. The van der Waals surface area contributed by atoms with Gasteiger partial charge in [0.15, 0.2) is 0 Å². The molecule has 0 saturated carbocycles. The van der Waals surface area contributed by atoms with Crippen LogP contribution in [0.15, 0.2) is 18.2 Å². The minimum Gasteiger partial charge on any atom is -0.353 e. The van der Waals surface area contributed by atoms with E-state index in [4.69, 9.17) is 17.3 Å². The number of carbonyl (C=O) groups is 1. The number of carbonyl (C=O) groups excluding carboxylic acids is 1. The summed E-state index contributed by atoms with van der Waals surface area (Å²) in [5.74, 6) is 0.0634. The zero-order valence-electron chi connectivity index (χ0n) is 11.4. The molecule has 1 heterocycles. The van der Waals surface area contributed by atoms with E-state index >= 15 is 0 Å². The van der Waals surface area contributed by atoms with Crippen molar-refractivity contribution in [3.63, 3.8) is 0 Å². The molecule has 4 nitrogen and oxygen atoms in total. The topological polar surface area (TPSA) is 58.4 Å². The Bertz CT molecular complexity index is 488. The predicted octanol–water partition coefficient (Wildman–Crippen LogP) is 1.51. The van der Waals surface area contributed by atoms with Crippen LogP contribution in [0.25, 0.3) is 0 Å². The molecule has 1 aliphatic heterocycles. The van der Waals surface area contributed by atoms with Crippen LogP contribution >= 0.6 is 11.6 Å². The van der Waals surface area contributed by atoms with Crippen LogP contribution in [0.3, 0.4) is 0 Å². The molecule has 0 radical (unpaired) electrons. The number of nitrogens with zero attached hydrogens (tertiary/aromatic N) is 1. The average molecular weight is 282 g/mol. The molecule has 1 aliphatic rings. The third-order valence-corrected chi connectivity index (χ3v) is 4.08. The van der Waals surface area contributed by atoms with Gasteiger partial charge in [0.25, 0.3) is 0 Å². The summed E-state index contributed by atoms with van der Waals surface area (Å²) >= 11 is 6.27. The van der Waals surface area contributed by atoms with E-state index in [2.05, 4.69) is 10.2 Å². The van der Waals surface area contributed by atoms with Crippen LogP contribution in [0.4, 0.5) is 0 Å². The molecule has 1 fully saturated rings. The van der Waals surface area contributed by atoms with Gasteiger partial charge in [-0.15, -0.1) is 0 Å². The molecule has 3 N–H and O–H groups in total. The van der Waals surface area contributed by atoms with Gasteiger partial charge in [-0.3, -0.25) is 9.69 Å². The van der Waals surface area contributed by atoms with Gasteiger partial charge >= 0.3 is 0 Å². The first kappa shape index (κ1) is 14.3. The van der Waals surface area contributed by atoms with E-state index in [1.165, 1.54) is 0 Å². The van der Waals surface area contributed by atoms with Gasteiger partial charge in [0.1, 0.15) is 0 Å². The Morgan fingerprint density at radius 1 is 1.47 bits per heavy atom. The normalized spacial score (nSPS) is 19.3. The maximum Gasteiger partial charge on any atom is 0.240 e. The van der Waals surface area contributed by atoms with Crippen LogP contribution in [0, 0.1) is 0 Å². The number of piperazine rings is 1. The highest BCUT2D eigenvalue weighted by molar-refractivity contribution is 6.31. The lowest BCUT2D eigenvalue weighted by Gasteiger charge is -2.41. The summed E-state index contributed by atoms with van der Waals surface area (Å²) in [5.41, 5.74) is 7.13. The van der Waals surface area contributed by atoms with Crippen LogP contribution < -0.4 is 11.1 Å². The van der Waals surface area contributed by atoms with E-state index in [0.717, 1.165) is 17.7 Å². The zero-order chi connectivity index (χ0) is 14.0. The Kier molecular flexibility index (Phi) is 4.13. The van der Waals surface area contributed by atoms with Gasteiger partial charge in [0.2, 0.25) is 5.91 Å². The fraction of sp³-hybridized carbons (Fsp3) is 0.500. The van der Waals surface area contributed by atoms with E-state index in [1.807, 2.05) is 32.0 Å². The molecule has 0 spiro atoms. The third kappa shape index (κ3) is 2.91. The van der Waals surface area contributed by atoms with Crippen LogP contribution in [0.1, 0.15) is 25.0 Å². The summed E-state index contributed by atoms with van der Waals surface area (Å²) in [4.78, 5) is 14.0.